The molecule has 7 heteroatoms. The number of amides is 2. The van der Waals surface area contributed by atoms with Crippen LogP contribution < -0.4 is 5.73 Å². The van der Waals surface area contributed by atoms with Crippen LogP contribution in [0.4, 0.5) is 4.39 Å². The highest BCUT2D eigenvalue weighted by Crippen LogP contribution is 2.38. The van der Waals surface area contributed by atoms with Crippen molar-refractivity contribution >= 4 is 24.2 Å². The first-order valence-corrected chi connectivity index (χ1v) is 9.99. The monoisotopic (exact) mass is 409 g/mol. The molecule has 0 saturated carbocycles. The molecule has 2 fully saturated rings. The van der Waals surface area contributed by atoms with E-state index >= 15 is 0 Å². The van der Waals surface area contributed by atoms with Gasteiger partial charge in [-0.25, -0.2) is 4.39 Å². The van der Waals surface area contributed by atoms with Gasteiger partial charge in [-0.15, -0.1) is 12.4 Å². The van der Waals surface area contributed by atoms with E-state index in [2.05, 4.69) is 18.2 Å². The number of halogens is 2. The van der Waals surface area contributed by atoms with Gasteiger partial charge >= 0.3 is 0 Å². The molecular formula is C21H29ClFN3O2. The van der Waals surface area contributed by atoms with Crippen LogP contribution in [0.15, 0.2) is 18.2 Å². The van der Waals surface area contributed by atoms with Crippen molar-refractivity contribution in [3.05, 3.63) is 34.9 Å². The highest BCUT2D eigenvalue weighted by molar-refractivity contribution is 5.85. The molecule has 0 radical (unpaired) electrons. The third-order valence-corrected chi connectivity index (χ3v) is 6.55. The van der Waals surface area contributed by atoms with Gasteiger partial charge in [0.15, 0.2) is 0 Å². The third kappa shape index (κ3) is 3.90. The van der Waals surface area contributed by atoms with Gasteiger partial charge in [-0.3, -0.25) is 9.59 Å². The lowest BCUT2D eigenvalue weighted by atomic mass is 9.87. The van der Waals surface area contributed by atoms with Crippen LogP contribution in [0.1, 0.15) is 54.2 Å². The molecule has 1 aromatic carbocycles. The summed E-state index contributed by atoms with van der Waals surface area (Å²) in [6, 6.07) is 5.90. The molecule has 5 nitrogen and oxygen atoms in total. The average molecular weight is 410 g/mol. The second kappa shape index (κ2) is 8.37. The van der Waals surface area contributed by atoms with E-state index in [9.17, 15) is 14.0 Å². The minimum atomic E-state index is -0.917. The van der Waals surface area contributed by atoms with Gasteiger partial charge in [0, 0.05) is 38.4 Å². The Labute approximate surface area is 171 Å². The Morgan fingerprint density at radius 1 is 1.21 bits per heavy atom. The number of aryl methyl sites for hydroxylation is 1. The molecule has 2 amide bonds. The number of alkyl halides is 1. The SMILES string of the molecule is CN1CC(c2ccc3c(c2)CC[C@@H]3[C@H](N)C(=O)N2CC[C@H](F)C2)CCC1=O.Cl. The second-order valence-electron chi connectivity index (χ2n) is 8.31. The van der Waals surface area contributed by atoms with Crippen LogP contribution in [0.25, 0.3) is 0 Å². The minimum absolute atomic E-state index is 0. The molecule has 1 unspecified atom stereocenters. The summed E-state index contributed by atoms with van der Waals surface area (Å²) in [7, 11) is 1.86. The van der Waals surface area contributed by atoms with Crippen LogP contribution >= 0.6 is 12.4 Å². The van der Waals surface area contributed by atoms with E-state index in [1.807, 2.05) is 11.9 Å². The number of likely N-dealkylation sites (N-methyl/N-ethyl adjacent to an activating group) is 1. The molecule has 4 rings (SSSR count). The summed E-state index contributed by atoms with van der Waals surface area (Å²) in [5, 5.41) is 0. The van der Waals surface area contributed by atoms with Gasteiger partial charge in [0.25, 0.3) is 0 Å². The van der Waals surface area contributed by atoms with Crippen molar-refractivity contribution in [2.75, 3.05) is 26.7 Å². The number of nitrogens with two attached hydrogens (primary N) is 1. The number of nitrogens with zero attached hydrogens (tertiary/aromatic N) is 2. The standard InChI is InChI=1S/C21H28FN3O2.ClH/c1-24-11-15(4-7-19(24)26)13-2-5-17-14(10-13)3-6-18(17)20(23)21(27)25-9-8-16(22)12-25;/h2,5,10,15-16,18,20H,3-4,6-9,11-12,23H2,1H3;1H/t15?,16-,18-,20-;/m0./s1. The number of hydrogen-bond acceptors (Lipinski definition) is 3. The molecule has 28 heavy (non-hydrogen) atoms. The lowest BCUT2D eigenvalue weighted by Gasteiger charge is -2.30. The van der Waals surface area contributed by atoms with Crippen LogP contribution in [0.3, 0.4) is 0 Å². The fourth-order valence-corrected chi connectivity index (χ4v) is 4.88. The molecule has 2 N–H and O–H groups in total. The summed E-state index contributed by atoms with van der Waals surface area (Å²) in [5.41, 5.74) is 10.0. The first-order chi connectivity index (χ1) is 12.9. The maximum Gasteiger partial charge on any atom is 0.240 e. The molecule has 3 aliphatic rings. The van der Waals surface area contributed by atoms with Gasteiger partial charge in [-0.1, -0.05) is 18.2 Å². The molecule has 154 valence electrons. The molecule has 1 aliphatic carbocycles. The zero-order valence-electron chi connectivity index (χ0n) is 16.3. The van der Waals surface area contributed by atoms with Crippen LogP contribution in [-0.4, -0.2) is 60.5 Å². The quantitative estimate of drug-likeness (QED) is 0.833. The van der Waals surface area contributed by atoms with Crippen molar-refractivity contribution in [1.82, 2.24) is 9.80 Å². The molecule has 2 heterocycles. The lowest BCUT2D eigenvalue weighted by Crippen LogP contribution is -2.45. The Bertz CT molecular complexity index is 759. The fraction of sp³-hybridized carbons (Fsp3) is 0.619. The van der Waals surface area contributed by atoms with E-state index in [0.717, 1.165) is 31.4 Å². The summed E-state index contributed by atoms with van der Waals surface area (Å²) in [5.74, 6) is 0.480. The third-order valence-electron chi connectivity index (χ3n) is 6.55. The maximum absolute atomic E-state index is 13.4. The van der Waals surface area contributed by atoms with E-state index in [1.54, 1.807) is 4.90 Å². The van der Waals surface area contributed by atoms with Gasteiger partial charge in [0.1, 0.15) is 6.17 Å². The highest BCUT2D eigenvalue weighted by atomic mass is 35.5. The minimum Gasteiger partial charge on any atom is -0.345 e. The van der Waals surface area contributed by atoms with E-state index in [1.165, 1.54) is 11.1 Å². The molecule has 2 aliphatic heterocycles. The first kappa shape index (κ1) is 21.1. The van der Waals surface area contributed by atoms with Crippen molar-refractivity contribution in [3.63, 3.8) is 0 Å². The number of piperidine rings is 1. The highest BCUT2D eigenvalue weighted by Gasteiger charge is 2.37. The summed E-state index contributed by atoms with van der Waals surface area (Å²) >= 11 is 0. The topological polar surface area (TPSA) is 66.6 Å². The number of likely N-dealkylation sites (tertiary alicyclic amines) is 2. The Balaban J connectivity index is 0.00000225. The van der Waals surface area contributed by atoms with Gasteiger partial charge in [0.2, 0.25) is 11.8 Å². The maximum atomic E-state index is 13.4. The number of rotatable bonds is 3. The van der Waals surface area contributed by atoms with E-state index in [0.29, 0.717) is 25.3 Å². The van der Waals surface area contributed by atoms with Crippen molar-refractivity contribution in [2.45, 2.75) is 56.2 Å². The summed E-state index contributed by atoms with van der Waals surface area (Å²) in [6.07, 6.45) is 2.78. The predicted molar refractivity (Wildman–Crippen MR) is 108 cm³/mol. The Hall–Kier alpha value is -1.66. The molecule has 0 spiro atoms. The van der Waals surface area contributed by atoms with Crippen molar-refractivity contribution in [1.29, 1.82) is 0 Å². The van der Waals surface area contributed by atoms with Crippen LogP contribution in [0, 0.1) is 0 Å². The van der Waals surface area contributed by atoms with Gasteiger partial charge in [-0.05, 0) is 42.4 Å². The summed E-state index contributed by atoms with van der Waals surface area (Å²) < 4.78 is 13.4. The van der Waals surface area contributed by atoms with Gasteiger partial charge in [0.05, 0.1) is 12.6 Å². The lowest BCUT2D eigenvalue weighted by molar-refractivity contribution is -0.133. The van der Waals surface area contributed by atoms with Crippen molar-refractivity contribution in [3.8, 4) is 0 Å². The number of benzene rings is 1. The zero-order chi connectivity index (χ0) is 19.1. The van der Waals surface area contributed by atoms with Crippen molar-refractivity contribution < 1.29 is 14.0 Å². The Morgan fingerprint density at radius 2 is 2.00 bits per heavy atom. The van der Waals surface area contributed by atoms with E-state index in [4.69, 9.17) is 5.73 Å². The molecular weight excluding hydrogens is 381 g/mol. The van der Waals surface area contributed by atoms with Crippen LogP contribution in [0.5, 0.6) is 0 Å². The first-order valence-electron chi connectivity index (χ1n) is 9.99. The number of carbonyl (C=O) groups excluding carboxylic acids is 2. The smallest absolute Gasteiger partial charge is 0.240 e. The Morgan fingerprint density at radius 3 is 2.68 bits per heavy atom. The van der Waals surface area contributed by atoms with Gasteiger partial charge in [-0.2, -0.15) is 0 Å². The molecule has 4 atom stereocenters. The predicted octanol–water partition coefficient (Wildman–Crippen LogP) is 2.37. The number of fused-ring (bicyclic) bond motifs is 1. The molecule has 0 bridgehead atoms. The largest absolute Gasteiger partial charge is 0.345 e. The fourth-order valence-electron chi connectivity index (χ4n) is 4.88. The molecule has 0 aromatic heterocycles. The normalized spacial score (nSPS) is 28.1. The summed E-state index contributed by atoms with van der Waals surface area (Å²) in [6.45, 7) is 1.41. The number of hydrogen-bond donors (Lipinski definition) is 1. The van der Waals surface area contributed by atoms with E-state index < -0.39 is 12.2 Å². The molecule has 2 saturated heterocycles. The van der Waals surface area contributed by atoms with Crippen LogP contribution in [0.2, 0.25) is 0 Å². The second-order valence-corrected chi connectivity index (χ2v) is 8.31. The molecule has 1 aromatic rings. The zero-order valence-corrected chi connectivity index (χ0v) is 17.1. The Kier molecular flexibility index (Phi) is 6.30. The average Bonchev–Trinajstić information content (AvgIpc) is 3.28. The number of carbonyl (C=O) groups is 2. The summed E-state index contributed by atoms with van der Waals surface area (Å²) in [4.78, 5) is 27.8. The van der Waals surface area contributed by atoms with Gasteiger partial charge < -0.3 is 15.5 Å². The van der Waals surface area contributed by atoms with E-state index in [-0.39, 0.29) is 36.7 Å². The van der Waals surface area contributed by atoms with Crippen LogP contribution in [-0.2, 0) is 16.0 Å². The van der Waals surface area contributed by atoms with Crippen molar-refractivity contribution in [2.24, 2.45) is 5.73 Å².